The minimum atomic E-state index is -1.66. The number of aliphatic hydroxyl groups excluding tert-OH is 3. The van der Waals surface area contributed by atoms with Crippen LogP contribution in [0.1, 0.15) is 0 Å². The number of aliphatic hydroxyl groups is 3. The summed E-state index contributed by atoms with van der Waals surface area (Å²) in [6.07, 6.45) is -3.21. The number of rotatable bonds is 6. The smallest absolute Gasteiger partial charge is 0.223 e. The zero-order chi connectivity index (χ0) is 14.8. The van der Waals surface area contributed by atoms with Crippen LogP contribution in [0.2, 0.25) is 0 Å². The maximum atomic E-state index is 10.8. The van der Waals surface area contributed by atoms with E-state index in [4.69, 9.17) is 9.84 Å². The van der Waals surface area contributed by atoms with Crippen LogP contribution in [-0.2, 0) is 14.3 Å². The van der Waals surface area contributed by atoms with Crippen LogP contribution >= 0.6 is 0 Å². The fourth-order valence-corrected chi connectivity index (χ4v) is 2.27. The Morgan fingerprint density at radius 1 is 1.35 bits per heavy atom. The van der Waals surface area contributed by atoms with Crippen molar-refractivity contribution >= 4 is 12.8 Å². The molecule has 0 aliphatic carbocycles. The van der Waals surface area contributed by atoms with Crippen LogP contribution in [-0.4, -0.2) is 64.8 Å². The number of nitrogens with one attached hydrogen (secondary N) is 2. The van der Waals surface area contributed by atoms with E-state index in [0.717, 1.165) is 0 Å². The summed E-state index contributed by atoms with van der Waals surface area (Å²) >= 11 is 0. The number of amides is 2. The molecule has 0 spiro atoms. The third kappa shape index (κ3) is 2.08. The Hall–Kier alpha value is -1.88. The Bertz CT molecular complexity index is 455. The Morgan fingerprint density at radius 3 is 2.65 bits per heavy atom. The minimum Gasteiger partial charge on any atom is -0.394 e. The molecule has 110 valence electrons. The first-order valence-corrected chi connectivity index (χ1v) is 5.77. The molecule has 2 aliphatic rings. The zero-order valence-electron chi connectivity index (χ0n) is 10.2. The number of nitrogens with zero attached hydrogens (tertiary/aromatic N) is 2. The maximum Gasteiger partial charge on any atom is 0.223 e. The third-order valence-electron chi connectivity index (χ3n) is 3.26. The summed E-state index contributed by atoms with van der Waals surface area (Å²) in [5, 5.41) is 40.8. The van der Waals surface area contributed by atoms with Crippen molar-refractivity contribution in [2.24, 2.45) is 10.2 Å². The fraction of sp³-hybridized carbons (Fsp3) is 0.600. The normalized spacial score (nSPS) is 39.5. The molecule has 5 atom stereocenters. The molecule has 10 heteroatoms. The summed E-state index contributed by atoms with van der Waals surface area (Å²) in [5.41, 5.74) is -1.58. The molecule has 0 saturated carbocycles. The predicted molar refractivity (Wildman–Crippen MR) is 61.8 cm³/mol. The lowest BCUT2D eigenvalue weighted by Crippen LogP contribution is -2.59. The summed E-state index contributed by atoms with van der Waals surface area (Å²) in [6.45, 7) is -0.525. The molecule has 0 radical (unpaired) electrons. The molecule has 2 amide bonds. The van der Waals surface area contributed by atoms with Crippen LogP contribution in [0.5, 0.6) is 0 Å². The molecule has 5 N–H and O–H groups in total. The predicted octanol–water partition coefficient (Wildman–Crippen LogP) is -3.04. The molecular formula is C10H14N4O6. The molecule has 2 aliphatic heterocycles. The van der Waals surface area contributed by atoms with E-state index in [2.05, 4.69) is 20.9 Å². The zero-order valence-corrected chi connectivity index (χ0v) is 10.2. The number of carbonyl (C=O) groups is 2. The molecule has 1 fully saturated rings. The lowest BCUT2D eigenvalue weighted by molar-refractivity contribution is -0.115. The van der Waals surface area contributed by atoms with Gasteiger partial charge in [0.25, 0.3) is 0 Å². The van der Waals surface area contributed by atoms with Gasteiger partial charge in [0.1, 0.15) is 24.4 Å². The van der Waals surface area contributed by atoms with Crippen LogP contribution in [0.3, 0.4) is 0 Å². The van der Waals surface area contributed by atoms with E-state index in [0.29, 0.717) is 12.8 Å². The van der Waals surface area contributed by atoms with Gasteiger partial charge in [0.15, 0.2) is 0 Å². The van der Waals surface area contributed by atoms with E-state index in [1.54, 1.807) is 0 Å². The number of hydrogen-bond acceptors (Lipinski definition) is 8. The molecule has 10 nitrogen and oxygen atoms in total. The third-order valence-corrected chi connectivity index (χ3v) is 3.26. The van der Waals surface area contributed by atoms with E-state index in [9.17, 15) is 19.8 Å². The van der Waals surface area contributed by atoms with E-state index < -0.39 is 36.7 Å². The number of ether oxygens (including phenoxy) is 1. The molecule has 2 heterocycles. The van der Waals surface area contributed by atoms with Gasteiger partial charge in [0.2, 0.25) is 18.5 Å². The van der Waals surface area contributed by atoms with Crippen molar-refractivity contribution < 1.29 is 29.6 Å². The van der Waals surface area contributed by atoms with Gasteiger partial charge in [0, 0.05) is 0 Å². The number of hydrogen-bond donors (Lipinski definition) is 5. The van der Waals surface area contributed by atoms with E-state index in [1.165, 1.54) is 6.20 Å². The number of carbonyl (C=O) groups excluding carboxylic acids is 2. The largest absolute Gasteiger partial charge is 0.394 e. The second-order valence-electron chi connectivity index (χ2n) is 4.31. The van der Waals surface area contributed by atoms with Gasteiger partial charge in [-0.1, -0.05) is 0 Å². The van der Waals surface area contributed by atoms with Crippen molar-refractivity contribution in [1.29, 1.82) is 0 Å². The highest BCUT2D eigenvalue weighted by Crippen LogP contribution is 2.36. The summed E-state index contributed by atoms with van der Waals surface area (Å²) < 4.78 is 5.33. The Balaban J connectivity index is 2.34. The Morgan fingerprint density at radius 2 is 2.10 bits per heavy atom. The van der Waals surface area contributed by atoms with Gasteiger partial charge in [-0.15, -0.1) is 0 Å². The van der Waals surface area contributed by atoms with E-state index in [-0.39, 0.29) is 5.70 Å². The minimum absolute atomic E-state index is 0.0782. The molecule has 1 saturated heterocycles. The molecule has 0 bridgehead atoms. The average Bonchev–Trinajstić information content (AvgIpc) is 2.95. The maximum absolute atomic E-state index is 10.8. The van der Waals surface area contributed by atoms with Gasteiger partial charge in [0.05, 0.1) is 18.5 Å². The first-order valence-electron chi connectivity index (χ1n) is 5.77. The van der Waals surface area contributed by atoms with Gasteiger partial charge in [-0.3, -0.25) is 9.59 Å². The molecular weight excluding hydrogens is 272 g/mol. The van der Waals surface area contributed by atoms with Crippen LogP contribution < -0.4 is 10.6 Å². The highest BCUT2D eigenvalue weighted by Gasteiger charge is 2.57. The van der Waals surface area contributed by atoms with Gasteiger partial charge in [-0.05, 0) is 0 Å². The monoisotopic (exact) mass is 286 g/mol. The van der Waals surface area contributed by atoms with Crippen molar-refractivity contribution in [2.75, 3.05) is 6.61 Å². The second kappa shape index (κ2) is 5.63. The fourth-order valence-electron chi connectivity index (χ4n) is 2.27. The standard InChI is InChI=1S/C10H14N4O6/c15-2-5-7(18)8(19)9(20-5)10(12-4-17)6(11-3-16)1-13-14-10/h1,3-5,7-9,15,18-19H,2H2,(H,11,16)(H,12,17)/t5-,7-,8-,9?,10?/m1/s1. The Labute approximate surface area is 113 Å². The van der Waals surface area contributed by atoms with Crippen molar-refractivity contribution in [3.8, 4) is 0 Å². The quantitative estimate of drug-likeness (QED) is 0.327. The van der Waals surface area contributed by atoms with Gasteiger partial charge in [-0.2, -0.15) is 10.2 Å². The van der Waals surface area contributed by atoms with Crippen molar-refractivity contribution in [1.82, 2.24) is 10.6 Å². The summed E-state index contributed by atoms with van der Waals surface area (Å²) in [5.74, 6) is 0. The highest BCUT2D eigenvalue weighted by molar-refractivity contribution is 5.56. The first-order chi connectivity index (χ1) is 9.60. The molecule has 2 rings (SSSR count). The summed E-state index contributed by atoms with van der Waals surface area (Å²) in [7, 11) is 0. The van der Waals surface area contributed by atoms with Gasteiger partial charge < -0.3 is 30.7 Å². The molecule has 2 unspecified atom stereocenters. The van der Waals surface area contributed by atoms with Crippen LogP contribution in [0, 0.1) is 0 Å². The molecule has 0 aromatic carbocycles. The summed E-state index contributed by atoms with van der Waals surface area (Å²) in [6, 6.07) is 0. The Kier molecular flexibility index (Phi) is 4.09. The SMILES string of the molecule is O=CNC1=CN=NC1(NC=O)C1O[C@H](CO)[C@@H](O)[C@H]1O. The summed E-state index contributed by atoms with van der Waals surface area (Å²) in [4.78, 5) is 21.4. The average molecular weight is 286 g/mol. The topological polar surface area (TPSA) is 153 Å². The van der Waals surface area contributed by atoms with Crippen LogP contribution in [0.25, 0.3) is 0 Å². The van der Waals surface area contributed by atoms with E-state index >= 15 is 0 Å². The van der Waals surface area contributed by atoms with Crippen molar-refractivity contribution in [3.05, 3.63) is 11.9 Å². The highest BCUT2D eigenvalue weighted by atomic mass is 16.6. The lowest BCUT2D eigenvalue weighted by Gasteiger charge is -2.33. The van der Waals surface area contributed by atoms with E-state index in [1.807, 2.05) is 0 Å². The lowest BCUT2D eigenvalue weighted by atomic mass is 9.94. The molecule has 0 aromatic rings. The van der Waals surface area contributed by atoms with Crippen molar-refractivity contribution in [2.45, 2.75) is 30.1 Å². The first kappa shape index (κ1) is 14.5. The second-order valence-corrected chi connectivity index (χ2v) is 4.31. The van der Waals surface area contributed by atoms with Gasteiger partial charge in [-0.25, -0.2) is 0 Å². The number of azo groups is 1. The van der Waals surface area contributed by atoms with Crippen LogP contribution in [0.4, 0.5) is 0 Å². The van der Waals surface area contributed by atoms with Crippen LogP contribution in [0.15, 0.2) is 22.1 Å². The molecule has 0 aromatic heterocycles. The van der Waals surface area contributed by atoms with Gasteiger partial charge >= 0.3 is 0 Å². The molecule has 20 heavy (non-hydrogen) atoms. The van der Waals surface area contributed by atoms with Crippen molar-refractivity contribution in [3.63, 3.8) is 0 Å².